The number of Topliss-reactive ketones (excluding diaryl/α,β-unsaturated/α-hetero) is 2. The van der Waals surface area contributed by atoms with E-state index in [1.165, 1.54) is 0 Å². The molecular weight excluding hydrogens is 300 g/mol. The van der Waals surface area contributed by atoms with Crippen LogP contribution in [-0.4, -0.2) is 41.3 Å². The van der Waals surface area contributed by atoms with Crippen molar-refractivity contribution in [3.63, 3.8) is 0 Å². The van der Waals surface area contributed by atoms with E-state index < -0.39 is 18.1 Å². The predicted octanol–water partition coefficient (Wildman–Crippen LogP) is 1.75. The van der Waals surface area contributed by atoms with Gasteiger partial charge in [-0.25, -0.2) is 0 Å². The summed E-state index contributed by atoms with van der Waals surface area (Å²) in [6.45, 7) is 5.07. The number of amides is 1. The van der Waals surface area contributed by atoms with Crippen LogP contribution in [0.2, 0.25) is 0 Å². The molecule has 3 atom stereocenters. The number of nitrogens with zero attached hydrogens (tertiary/aromatic N) is 1. The van der Waals surface area contributed by atoms with E-state index in [9.17, 15) is 24.4 Å². The highest BCUT2D eigenvalue weighted by molar-refractivity contribution is 5.87. The minimum Gasteiger partial charge on any atom is -0.391 e. The molecule has 0 aliphatic carbocycles. The van der Waals surface area contributed by atoms with Crippen molar-refractivity contribution in [1.29, 1.82) is 0 Å². The van der Waals surface area contributed by atoms with Crippen LogP contribution in [0.1, 0.15) is 59.3 Å². The maximum Gasteiger partial charge on any atom is 0.220 e. The third kappa shape index (κ3) is 9.18. The average molecular weight is 328 g/mol. The first-order valence-electron chi connectivity index (χ1n) is 8.16. The van der Waals surface area contributed by atoms with E-state index in [0.29, 0.717) is 25.7 Å². The summed E-state index contributed by atoms with van der Waals surface area (Å²) in [4.78, 5) is 45.3. The van der Waals surface area contributed by atoms with Gasteiger partial charge in [0.05, 0.1) is 12.1 Å². The second-order valence-corrected chi connectivity index (χ2v) is 5.76. The Hall–Kier alpha value is -1.63. The van der Waals surface area contributed by atoms with Crippen LogP contribution in [0.25, 0.3) is 0 Å². The maximum atomic E-state index is 11.9. The number of carbonyl (C=O) groups excluding carboxylic acids is 3. The van der Waals surface area contributed by atoms with Crippen LogP contribution >= 0.6 is 0 Å². The van der Waals surface area contributed by atoms with Crippen LogP contribution in [0.4, 0.5) is 0 Å². The standard InChI is InChI=1S/C16H28N2O5/c1-4-12(19)7-6-11(3)15(21)8-9-16(22)18-13(10-17-23)14(20)5-2/h11,13-14,20H,4-10H2,1-3H3,(H,18,22). The molecule has 0 fully saturated rings. The van der Waals surface area contributed by atoms with Crippen molar-refractivity contribution in [2.75, 3.05) is 6.54 Å². The third-order valence-electron chi connectivity index (χ3n) is 3.90. The zero-order chi connectivity index (χ0) is 17.8. The minimum atomic E-state index is -0.841. The lowest BCUT2D eigenvalue weighted by molar-refractivity contribution is -0.128. The summed E-state index contributed by atoms with van der Waals surface area (Å²) < 4.78 is 0. The topological polar surface area (TPSA) is 113 Å². The van der Waals surface area contributed by atoms with Gasteiger partial charge in [-0.05, 0) is 12.8 Å². The van der Waals surface area contributed by atoms with E-state index in [2.05, 4.69) is 10.5 Å². The molecule has 0 spiro atoms. The van der Waals surface area contributed by atoms with Gasteiger partial charge >= 0.3 is 0 Å². The lowest BCUT2D eigenvalue weighted by atomic mass is 9.95. The fourth-order valence-corrected chi connectivity index (χ4v) is 2.11. The Balaban J connectivity index is 4.22. The number of ketones is 2. The number of carbonyl (C=O) groups is 3. The number of hydrogen-bond acceptors (Lipinski definition) is 6. The molecule has 0 heterocycles. The summed E-state index contributed by atoms with van der Waals surface area (Å²) in [5.74, 6) is -0.589. The van der Waals surface area contributed by atoms with Crippen molar-refractivity contribution in [3.8, 4) is 0 Å². The summed E-state index contributed by atoms with van der Waals surface area (Å²) in [6, 6.07) is -0.722. The van der Waals surface area contributed by atoms with Gasteiger partial charge in [0.25, 0.3) is 0 Å². The number of hydrogen-bond donors (Lipinski definition) is 2. The van der Waals surface area contributed by atoms with Gasteiger partial charge in [-0.1, -0.05) is 25.9 Å². The van der Waals surface area contributed by atoms with Crippen molar-refractivity contribution in [3.05, 3.63) is 4.91 Å². The van der Waals surface area contributed by atoms with Gasteiger partial charge < -0.3 is 10.4 Å². The molecule has 0 aromatic heterocycles. The van der Waals surface area contributed by atoms with Crippen LogP contribution in [0.15, 0.2) is 5.18 Å². The molecule has 7 heteroatoms. The van der Waals surface area contributed by atoms with Gasteiger partial charge in [-0.15, -0.1) is 0 Å². The normalized spacial score (nSPS) is 14.6. The second-order valence-electron chi connectivity index (χ2n) is 5.76. The Morgan fingerprint density at radius 3 is 2.30 bits per heavy atom. The minimum absolute atomic E-state index is 0.00328. The molecule has 0 aromatic rings. The molecule has 23 heavy (non-hydrogen) atoms. The van der Waals surface area contributed by atoms with E-state index >= 15 is 0 Å². The molecular formula is C16H28N2O5. The molecule has 2 N–H and O–H groups in total. The zero-order valence-corrected chi connectivity index (χ0v) is 14.2. The summed E-state index contributed by atoms with van der Waals surface area (Å²) in [5.41, 5.74) is 0. The van der Waals surface area contributed by atoms with E-state index in [-0.39, 0.29) is 36.9 Å². The van der Waals surface area contributed by atoms with Crippen molar-refractivity contribution in [2.45, 2.75) is 71.4 Å². The van der Waals surface area contributed by atoms with Gasteiger partial charge in [-0.2, -0.15) is 4.91 Å². The number of aliphatic hydroxyl groups is 1. The first-order valence-corrected chi connectivity index (χ1v) is 8.16. The lowest BCUT2D eigenvalue weighted by Crippen LogP contribution is -2.45. The molecule has 3 unspecified atom stereocenters. The molecule has 0 saturated heterocycles. The van der Waals surface area contributed by atoms with Crippen molar-refractivity contribution >= 4 is 17.5 Å². The molecule has 0 rings (SSSR count). The van der Waals surface area contributed by atoms with Crippen LogP contribution in [0.3, 0.4) is 0 Å². The average Bonchev–Trinajstić information content (AvgIpc) is 2.55. The van der Waals surface area contributed by atoms with Crippen LogP contribution in [-0.2, 0) is 14.4 Å². The summed E-state index contributed by atoms with van der Waals surface area (Å²) in [7, 11) is 0. The smallest absolute Gasteiger partial charge is 0.220 e. The predicted molar refractivity (Wildman–Crippen MR) is 86.8 cm³/mol. The van der Waals surface area contributed by atoms with E-state index in [1.807, 2.05) is 0 Å². The first kappa shape index (κ1) is 21.4. The summed E-state index contributed by atoms with van der Waals surface area (Å²) >= 11 is 0. The lowest BCUT2D eigenvalue weighted by Gasteiger charge is -2.20. The number of nitroso groups, excluding NO2 is 1. The Labute approximate surface area is 137 Å². The molecule has 0 saturated carbocycles. The Bertz CT molecular complexity index is 411. The fourth-order valence-electron chi connectivity index (χ4n) is 2.11. The largest absolute Gasteiger partial charge is 0.391 e. The van der Waals surface area contributed by atoms with E-state index in [4.69, 9.17) is 0 Å². The highest BCUT2D eigenvalue weighted by Crippen LogP contribution is 2.12. The third-order valence-corrected chi connectivity index (χ3v) is 3.90. The molecule has 0 aliphatic rings. The molecule has 0 bridgehead atoms. The Morgan fingerprint density at radius 2 is 1.78 bits per heavy atom. The highest BCUT2D eigenvalue weighted by atomic mass is 16.3. The summed E-state index contributed by atoms with van der Waals surface area (Å²) in [6.07, 6.45) is 0.973. The molecule has 1 amide bonds. The SMILES string of the molecule is CCC(=O)CCC(C)C(=O)CCC(=O)NC(CN=O)C(O)CC. The second kappa shape index (κ2) is 11.9. The van der Waals surface area contributed by atoms with E-state index in [1.54, 1.807) is 20.8 Å². The van der Waals surface area contributed by atoms with Crippen LogP contribution in [0, 0.1) is 10.8 Å². The maximum absolute atomic E-state index is 11.9. The van der Waals surface area contributed by atoms with Crippen molar-refractivity contribution < 1.29 is 19.5 Å². The number of nitrogens with one attached hydrogen (secondary N) is 1. The first-order chi connectivity index (χ1) is 10.8. The van der Waals surface area contributed by atoms with Crippen LogP contribution < -0.4 is 5.32 Å². The number of aliphatic hydroxyl groups excluding tert-OH is 1. The van der Waals surface area contributed by atoms with Gasteiger partial charge in [0.2, 0.25) is 5.91 Å². The van der Waals surface area contributed by atoms with Crippen molar-refractivity contribution in [1.82, 2.24) is 5.32 Å². The molecule has 0 aliphatic heterocycles. The van der Waals surface area contributed by atoms with Crippen LogP contribution in [0.5, 0.6) is 0 Å². The fraction of sp³-hybridized carbons (Fsp3) is 0.812. The molecule has 0 radical (unpaired) electrons. The van der Waals surface area contributed by atoms with Crippen molar-refractivity contribution in [2.24, 2.45) is 11.1 Å². The van der Waals surface area contributed by atoms with Gasteiger partial charge in [-0.3, -0.25) is 14.4 Å². The highest BCUT2D eigenvalue weighted by Gasteiger charge is 2.21. The van der Waals surface area contributed by atoms with Gasteiger partial charge in [0, 0.05) is 31.6 Å². The monoisotopic (exact) mass is 328 g/mol. The Kier molecular flexibility index (Phi) is 11.0. The van der Waals surface area contributed by atoms with E-state index in [0.717, 1.165) is 0 Å². The van der Waals surface area contributed by atoms with Gasteiger partial charge in [0.1, 0.15) is 18.1 Å². The molecule has 132 valence electrons. The summed E-state index contributed by atoms with van der Waals surface area (Å²) in [5, 5.41) is 14.9. The van der Waals surface area contributed by atoms with Gasteiger partial charge in [0.15, 0.2) is 0 Å². The Morgan fingerprint density at radius 1 is 1.13 bits per heavy atom. The molecule has 7 nitrogen and oxygen atoms in total. The zero-order valence-electron chi connectivity index (χ0n) is 14.2. The number of rotatable bonds is 13. The molecule has 0 aromatic carbocycles. The quantitative estimate of drug-likeness (QED) is 0.500.